The van der Waals surface area contributed by atoms with Crippen molar-refractivity contribution < 1.29 is 4.39 Å². The predicted octanol–water partition coefficient (Wildman–Crippen LogP) is 2.00. The summed E-state index contributed by atoms with van der Waals surface area (Å²) in [5.74, 6) is 1.31. The largest absolute Gasteiger partial charge is 0.321 e. The summed E-state index contributed by atoms with van der Waals surface area (Å²) in [5, 5.41) is 4.37. The van der Waals surface area contributed by atoms with Crippen molar-refractivity contribution in [2.45, 2.75) is 32.1 Å². The van der Waals surface area contributed by atoms with Crippen LogP contribution in [0.15, 0.2) is 24.3 Å². The second-order valence-corrected chi connectivity index (χ2v) is 4.73. The number of halogens is 1. The molecule has 1 aromatic carbocycles. The number of hydrogen-bond donors (Lipinski definition) is 1. The summed E-state index contributed by atoms with van der Waals surface area (Å²) in [4.78, 5) is 4.46. The molecule has 0 saturated heterocycles. The third kappa shape index (κ3) is 1.80. The first-order chi connectivity index (χ1) is 8.65. The number of nitrogens with two attached hydrogens (primary N) is 1. The molecule has 2 atom stereocenters. The normalized spacial score (nSPS) is 22.8. The Morgan fingerprint density at radius 3 is 2.94 bits per heavy atom. The van der Waals surface area contributed by atoms with E-state index in [0.29, 0.717) is 18.1 Å². The lowest BCUT2D eigenvalue weighted by atomic mass is 10.1. The molecule has 0 bridgehead atoms. The van der Waals surface area contributed by atoms with Crippen LogP contribution in [-0.4, -0.2) is 20.9 Å². The molecule has 0 saturated carbocycles. The Bertz CT molecular complexity index is 578. The van der Waals surface area contributed by atoms with Gasteiger partial charge in [-0.05, 0) is 12.5 Å². The van der Waals surface area contributed by atoms with Gasteiger partial charge < -0.3 is 5.73 Å². The summed E-state index contributed by atoms with van der Waals surface area (Å²) in [5.41, 5.74) is 7.98. The van der Waals surface area contributed by atoms with Gasteiger partial charge in [-0.1, -0.05) is 24.3 Å². The van der Waals surface area contributed by atoms with Gasteiger partial charge in [-0.15, -0.1) is 0 Å². The fraction of sp³-hybridized carbons (Fsp3) is 0.385. The first kappa shape index (κ1) is 11.3. The lowest BCUT2D eigenvalue weighted by Gasteiger charge is -2.21. The predicted molar refractivity (Wildman–Crippen MR) is 66.6 cm³/mol. The van der Waals surface area contributed by atoms with E-state index in [9.17, 15) is 4.39 Å². The molecule has 1 aromatic heterocycles. The van der Waals surface area contributed by atoms with Crippen molar-refractivity contribution in [3.8, 4) is 11.4 Å². The monoisotopic (exact) mass is 246 g/mol. The first-order valence-corrected chi connectivity index (χ1v) is 6.05. The maximum atomic E-state index is 13.4. The number of hydrogen-bond acceptors (Lipinski definition) is 3. The molecule has 0 amide bonds. The van der Waals surface area contributed by atoms with Crippen LogP contribution in [0.5, 0.6) is 0 Å². The molecule has 3 rings (SSSR count). The zero-order valence-electron chi connectivity index (χ0n) is 10.2. The van der Waals surface area contributed by atoms with Gasteiger partial charge in [-0.3, -0.25) is 0 Å². The smallest absolute Gasteiger partial charge is 0.181 e. The van der Waals surface area contributed by atoms with Crippen LogP contribution in [-0.2, 0) is 6.54 Å². The second-order valence-electron chi connectivity index (χ2n) is 4.73. The molecule has 94 valence electrons. The average molecular weight is 246 g/mol. The number of alkyl halides is 1. The van der Waals surface area contributed by atoms with Gasteiger partial charge in [0.25, 0.3) is 0 Å². The Morgan fingerprint density at radius 1 is 1.39 bits per heavy atom. The molecule has 5 heteroatoms. The fourth-order valence-corrected chi connectivity index (χ4v) is 2.34. The van der Waals surface area contributed by atoms with Crippen LogP contribution in [0.1, 0.15) is 23.9 Å². The van der Waals surface area contributed by atoms with E-state index in [1.165, 1.54) is 0 Å². The van der Waals surface area contributed by atoms with Gasteiger partial charge in [0.1, 0.15) is 12.0 Å². The molecule has 1 aliphatic rings. The summed E-state index contributed by atoms with van der Waals surface area (Å²) in [6, 6.07) is 7.53. The molecule has 2 unspecified atom stereocenters. The van der Waals surface area contributed by atoms with Crippen molar-refractivity contribution in [3.63, 3.8) is 0 Å². The summed E-state index contributed by atoms with van der Waals surface area (Å²) >= 11 is 0. The molecule has 0 fully saturated rings. The average Bonchev–Trinajstić information content (AvgIpc) is 2.73. The molecule has 0 spiro atoms. The maximum Gasteiger partial charge on any atom is 0.181 e. The lowest BCUT2D eigenvalue weighted by molar-refractivity contribution is 0.220. The Balaban J connectivity index is 2.06. The standard InChI is InChI=1S/C13H15FN4/c1-8-4-2-3-5-10(8)12-16-13-11(15)6-9(14)7-18(13)17-12/h2-5,9,11H,6-7,15H2,1H3. The van der Waals surface area contributed by atoms with Crippen molar-refractivity contribution in [1.82, 2.24) is 14.8 Å². The zero-order valence-corrected chi connectivity index (χ0v) is 10.2. The Hall–Kier alpha value is -1.75. The summed E-state index contributed by atoms with van der Waals surface area (Å²) in [6.07, 6.45) is -0.606. The van der Waals surface area contributed by atoms with Crippen LogP contribution in [0.4, 0.5) is 4.39 Å². The van der Waals surface area contributed by atoms with Crippen molar-refractivity contribution >= 4 is 0 Å². The van der Waals surface area contributed by atoms with Crippen molar-refractivity contribution in [2.75, 3.05) is 0 Å². The van der Waals surface area contributed by atoms with Gasteiger partial charge in [0.05, 0.1) is 12.6 Å². The molecule has 1 aliphatic heterocycles. The third-order valence-electron chi connectivity index (χ3n) is 3.30. The van der Waals surface area contributed by atoms with E-state index < -0.39 is 6.17 Å². The first-order valence-electron chi connectivity index (χ1n) is 6.05. The summed E-state index contributed by atoms with van der Waals surface area (Å²) in [6.45, 7) is 2.26. The lowest BCUT2D eigenvalue weighted by Crippen LogP contribution is -2.30. The summed E-state index contributed by atoms with van der Waals surface area (Å²) in [7, 11) is 0. The van der Waals surface area contributed by atoms with E-state index in [-0.39, 0.29) is 12.6 Å². The maximum absolute atomic E-state index is 13.4. The van der Waals surface area contributed by atoms with Crippen molar-refractivity contribution in [2.24, 2.45) is 5.73 Å². The highest BCUT2D eigenvalue weighted by molar-refractivity contribution is 5.59. The highest BCUT2D eigenvalue weighted by Crippen LogP contribution is 2.27. The highest BCUT2D eigenvalue weighted by atomic mass is 19.1. The zero-order chi connectivity index (χ0) is 12.7. The van der Waals surface area contributed by atoms with Gasteiger partial charge in [-0.2, -0.15) is 5.10 Å². The van der Waals surface area contributed by atoms with Crippen molar-refractivity contribution in [1.29, 1.82) is 0 Å². The van der Waals surface area contributed by atoms with Crippen LogP contribution >= 0.6 is 0 Å². The van der Waals surface area contributed by atoms with Crippen LogP contribution in [0.25, 0.3) is 11.4 Å². The van der Waals surface area contributed by atoms with Gasteiger partial charge in [0.2, 0.25) is 0 Å². The van der Waals surface area contributed by atoms with E-state index in [1.54, 1.807) is 4.68 Å². The number of aromatic nitrogens is 3. The van der Waals surface area contributed by atoms with Gasteiger partial charge in [-0.25, -0.2) is 14.1 Å². The van der Waals surface area contributed by atoms with Crippen LogP contribution in [0, 0.1) is 6.92 Å². The minimum Gasteiger partial charge on any atom is -0.321 e. The highest BCUT2D eigenvalue weighted by Gasteiger charge is 2.27. The van der Waals surface area contributed by atoms with Crippen molar-refractivity contribution in [3.05, 3.63) is 35.7 Å². The second kappa shape index (κ2) is 4.17. The molecule has 2 aromatic rings. The van der Waals surface area contributed by atoms with E-state index in [1.807, 2.05) is 31.2 Å². The Morgan fingerprint density at radius 2 is 2.17 bits per heavy atom. The van der Waals surface area contributed by atoms with Crippen LogP contribution in [0.2, 0.25) is 0 Å². The van der Waals surface area contributed by atoms with E-state index >= 15 is 0 Å². The van der Waals surface area contributed by atoms with E-state index in [4.69, 9.17) is 5.73 Å². The SMILES string of the molecule is Cc1ccccc1-c1nc2n(n1)CC(F)CC2N. The summed E-state index contributed by atoms with van der Waals surface area (Å²) < 4.78 is 15.0. The van der Waals surface area contributed by atoms with E-state index in [2.05, 4.69) is 10.1 Å². The third-order valence-corrected chi connectivity index (χ3v) is 3.30. The van der Waals surface area contributed by atoms with Gasteiger partial charge in [0.15, 0.2) is 5.82 Å². The molecular weight excluding hydrogens is 231 g/mol. The topological polar surface area (TPSA) is 56.7 Å². The number of benzene rings is 1. The number of rotatable bonds is 1. The molecule has 4 nitrogen and oxygen atoms in total. The molecule has 0 aliphatic carbocycles. The van der Waals surface area contributed by atoms with Crippen LogP contribution in [0.3, 0.4) is 0 Å². The minimum absolute atomic E-state index is 0.252. The molecular formula is C13H15FN4. The quantitative estimate of drug-likeness (QED) is 0.837. The minimum atomic E-state index is -0.932. The Labute approximate surface area is 105 Å². The molecule has 18 heavy (non-hydrogen) atoms. The van der Waals surface area contributed by atoms with Gasteiger partial charge in [0, 0.05) is 12.0 Å². The number of aryl methyl sites for hydroxylation is 1. The number of fused-ring (bicyclic) bond motifs is 1. The fourth-order valence-electron chi connectivity index (χ4n) is 2.34. The van der Waals surface area contributed by atoms with Gasteiger partial charge >= 0.3 is 0 Å². The van der Waals surface area contributed by atoms with E-state index in [0.717, 1.165) is 11.1 Å². The van der Waals surface area contributed by atoms with Crippen LogP contribution < -0.4 is 5.73 Å². The Kier molecular flexibility index (Phi) is 2.63. The number of nitrogens with zero attached hydrogens (tertiary/aromatic N) is 3. The molecule has 0 radical (unpaired) electrons. The molecule has 2 N–H and O–H groups in total. The molecule has 2 heterocycles.